The van der Waals surface area contributed by atoms with Crippen LogP contribution in [0.25, 0.3) is 0 Å². The summed E-state index contributed by atoms with van der Waals surface area (Å²) in [4.78, 5) is 9.84. The molecule has 0 fully saturated rings. The number of aldehydes is 1. The first-order valence-corrected chi connectivity index (χ1v) is 3.78. The SMILES string of the molecule is C[CH]CCC/C=C\CC=O. The van der Waals surface area contributed by atoms with Gasteiger partial charge in [0.1, 0.15) is 6.29 Å². The third-order valence-corrected chi connectivity index (χ3v) is 1.26. The molecule has 0 aromatic rings. The van der Waals surface area contributed by atoms with Crippen LogP contribution in [0.5, 0.6) is 0 Å². The Hall–Kier alpha value is -0.590. The number of allylic oxidation sites excluding steroid dienone is 2. The number of unbranched alkanes of at least 4 members (excludes halogenated alkanes) is 3. The summed E-state index contributed by atoms with van der Waals surface area (Å²) in [6.07, 6.45) is 11.1. The molecule has 57 valence electrons. The fourth-order valence-corrected chi connectivity index (χ4v) is 0.709. The van der Waals surface area contributed by atoms with Crippen LogP contribution in [-0.4, -0.2) is 6.29 Å². The van der Waals surface area contributed by atoms with Gasteiger partial charge in [-0.2, -0.15) is 0 Å². The zero-order chi connectivity index (χ0) is 7.66. The molecule has 1 nitrogen and oxygen atoms in total. The molecule has 0 aromatic heterocycles. The maximum Gasteiger partial charge on any atom is 0.123 e. The minimum absolute atomic E-state index is 0.565. The summed E-state index contributed by atoms with van der Waals surface area (Å²) in [5.41, 5.74) is 0. The normalized spacial score (nSPS) is 10.5. The van der Waals surface area contributed by atoms with Crippen LogP contribution < -0.4 is 0 Å². The maximum absolute atomic E-state index is 9.84. The lowest BCUT2D eigenvalue weighted by Crippen LogP contribution is -1.72. The summed E-state index contributed by atoms with van der Waals surface area (Å²) < 4.78 is 0. The zero-order valence-corrected chi connectivity index (χ0v) is 6.55. The topological polar surface area (TPSA) is 17.1 Å². The molecule has 0 heterocycles. The lowest BCUT2D eigenvalue weighted by atomic mass is 10.2. The van der Waals surface area contributed by atoms with E-state index in [0.29, 0.717) is 6.42 Å². The molecule has 0 saturated heterocycles. The average molecular weight is 139 g/mol. The Morgan fingerprint density at radius 1 is 1.20 bits per heavy atom. The Balaban J connectivity index is 2.94. The van der Waals surface area contributed by atoms with Crippen LogP contribution in [0.1, 0.15) is 32.6 Å². The van der Waals surface area contributed by atoms with E-state index in [1.807, 2.05) is 6.08 Å². The first-order valence-electron chi connectivity index (χ1n) is 3.78. The fraction of sp³-hybridized carbons (Fsp3) is 0.556. The number of hydrogen-bond acceptors (Lipinski definition) is 1. The fourth-order valence-electron chi connectivity index (χ4n) is 0.709. The lowest BCUT2D eigenvalue weighted by Gasteiger charge is -1.89. The molecule has 0 saturated carbocycles. The van der Waals surface area contributed by atoms with E-state index in [9.17, 15) is 4.79 Å². The zero-order valence-electron chi connectivity index (χ0n) is 6.55. The Kier molecular flexibility index (Phi) is 7.91. The van der Waals surface area contributed by atoms with Crippen LogP contribution in [0.15, 0.2) is 12.2 Å². The standard InChI is InChI=1S/C9H15O/c1-2-3-4-5-6-7-8-9-10/h2,6-7,9H,3-5,8H2,1H3/b7-6-. The van der Waals surface area contributed by atoms with Crippen molar-refractivity contribution in [1.29, 1.82) is 0 Å². The summed E-state index contributed by atoms with van der Waals surface area (Å²) in [6.45, 7) is 2.06. The van der Waals surface area contributed by atoms with Gasteiger partial charge in [0.15, 0.2) is 0 Å². The Bertz CT molecular complexity index is 94.9. The Morgan fingerprint density at radius 3 is 2.60 bits per heavy atom. The van der Waals surface area contributed by atoms with E-state index in [1.54, 1.807) is 0 Å². The molecule has 1 heteroatoms. The summed E-state index contributed by atoms with van der Waals surface area (Å²) in [7, 11) is 0. The van der Waals surface area contributed by atoms with Gasteiger partial charge in [0.05, 0.1) is 0 Å². The van der Waals surface area contributed by atoms with E-state index in [-0.39, 0.29) is 0 Å². The monoisotopic (exact) mass is 139 g/mol. The highest BCUT2D eigenvalue weighted by molar-refractivity contribution is 5.51. The minimum atomic E-state index is 0.565. The second-order valence-electron chi connectivity index (χ2n) is 2.21. The predicted molar refractivity (Wildman–Crippen MR) is 43.6 cm³/mol. The molecular weight excluding hydrogens is 124 g/mol. The van der Waals surface area contributed by atoms with Crippen LogP contribution in [0.3, 0.4) is 0 Å². The van der Waals surface area contributed by atoms with E-state index in [4.69, 9.17) is 0 Å². The number of rotatable bonds is 6. The van der Waals surface area contributed by atoms with Gasteiger partial charge >= 0.3 is 0 Å². The highest BCUT2D eigenvalue weighted by Gasteiger charge is 1.80. The first kappa shape index (κ1) is 9.41. The van der Waals surface area contributed by atoms with Crippen molar-refractivity contribution < 1.29 is 4.79 Å². The molecule has 0 bridgehead atoms. The summed E-state index contributed by atoms with van der Waals surface area (Å²) in [5.74, 6) is 0. The van der Waals surface area contributed by atoms with Crippen LogP contribution in [-0.2, 0) is 4.79 Å². The van der Waals surface area contributed by atoms with Gasteiger partial charge in [0.25, 0.3) is 0 Å². The molecule has 10 heavy (non-hydrogen) atoms. The maximum atomic E-state index is 9.84. The second kappa shape index (κ2) is 8.41. The van der Waals surface area contributed by atoms with Gasteiger partial charge in [-0.25, -0.2) is 0 Å². The quantitative estimate of drug-likeness (QED) is 0.314. The molecular formula is C9H15O. The van der Waals surface area contributed by atoms with Gasteiger partial charge < -0.3 is 4.79 Å². The lowest BCUT2D eigenvalue weighted by molar-refractivity contribution is -0.107. The minimum Gasteiger partial charge on any atom is -0.303 e. The van der Waals surface area contributed by atoms with E-state index < -0.39 is 0 Å². The molecule has 0 unspecified atom stereocenters. The van der Waals surface area contributed by atoms with Crippen molar-refractivity contribution in [2.45, 2.75) is 32.6 Å². The Morgan fingerprint density at radius 2 is 2.00 bits per heavy atom. The average Bonchev–Trinajstić information content (AvgIpc) is 1.97. The molecule has 0 rings (SSSR count). The molecule has 0 spiro atoms. The molecule has 0 aliphatic carbocycles. The van der Waals surface area contributed by atoms with Gasteiger partial charge in [-0.1, -0.05) is 25.5 Å². The molecule has 0 N–H and O–H groups in total. The molecule has 0 atom stereocenters. The molecule has 0 aromatic carbocycles. The Labute approximate surface area is 63.1 Å². The van der Waals surface area contributed by atoms with E-state index >= 15 is 0 Å². The van der Waals surface area contributed by atoms with Gasteiger partial charge in [-0.3, -0.25) is 0 Å². The number of carbonyl (C=O) groups excluding carboxylic acids is 1. The van der Waals surface area contributed by atoms with Crippen molar-refractivity contribution >= 4 is 6.29 Å². The van der Waals surface area contributed by atoms with E-state index in [1.165, 1.54) is 12.8 Å². The highest BCUT2D eigenvalue weighted by Crippen LogP contribution is 1.98. The van der Waals surface area contributed by atoms with Crippen molar-refractivity contribution in [2.75, 3.05) is 0 Å². The van der Waals surface area contributed by atoms with E-state index in [2.05, 4.69) is 19.4 Å². The molecule has 0 aliphatic heterocycles. The van der Waals surface area contributed by atoms with E-state index in [0.717, 1.165) is 12.7 Å². The summed E-state index contributed by atoms with van der Waals surface area (Å²) in [6, 6.07) is 0. The van der Waals surface area contributed by atoms with Crippen LogP contribution >= 0.6 is 0 Å². The second-order valence-corrected chi connectivity index (χ2v) is 2.21. The largest absolute Gasteiger partial charge is 0.303 e. The van der Waals surface area contributed by atoms with Crippen LogP contribution in [0.2, 0.25) is 0 Å². The van der Waals surface area contributed by atoms with Crippen molar-refractivity contribution in [2.24, 2.45) is 0 Å². The van der Waals surface area contributed by atoms with Gasteiger partial charge in [-0.15, -0.1) is 0 Å². The van der Waals surface area contributed by atoms with Crippen molar-refractivity contribution in [1.82, 2.24) is 0 Å². The molecule has 0 aliphatic rings. The molecule has 0 amide bonds. The van der Waals surface area contributed by atoms with Gasteiger partial charge in [0.2, 0.25) is 0 Å². The van der Waals surface area contributed by atoms with Gasteiger partial charge in [0, 0.05) is 6.42 Å². The number of carbonyl (C=O) groups is 1. The van der Waals surface area contributed by atoms with Crippen LogP contribution in [0.4, 0.5) is 0 Å². The first-order chi connectivity index (χ1) is 4.91. The predicted octanol–water partition coefficient (Wildman–Crippen LogP) is 2.53. The third kappa shape index (κ3) is 7.41. The highest BCUT2D eigenvalue weighted by atomic mass is 16.1. The van der Waals surface area contributed by atoms with Crippen LogP contribution in [0, 0.1) is 6.42 Å². The third-order valence-electron chi connectivity index (χ3n) is 1.26. The summed E-state index contributed by atoms with van der Waals surface area (Å²) >= 11 is 0. The van der Waals surface area contributed by atoms with Crippen molar-refractivity contribution in [3.05, 3.63) is 18.6 Å². The molecule has 1 radical (unpaired) electrons. The number of hydrogen-bond donors (Lipinski definition) is 0. The van der Waals surface area contributed by atoms with Gasteiger partial charge in [-0.05, 0) is 19.3 Å². The van der Waals surface area contributed by atoms with Crippen molar-refractivity contribution in [3.8, 4) is 0 Å². The van der Waals surface area contributed by atoms with Crippen molar-refractivity contribution in [3.63, 3.8) is 0 Å². The smallest absolute Gasteiger partial charge is 0.123 e. The summed E-state index contributed by atoms with van der Waals surface area (Å²) in [5, 5.41) is 0.